The van der Waals surface area contributed by atoms with E-state index in [4.69, 9.17) is 5.73 Å². The van der Waals surface area contributed by atoms with Gasteiger partial charge in [-0.3, -0.25) is 0 Å². The van der Waals surface area contributed by atoms with Crippen molar-refractivity contribution >= 4 is 0 Å². The van der Waals surface area contributed by atoms with E-state index in [-0.39, 0.29) is 0 Å². The maximum Gasteiger partial charge on any atom is 0.0170 e. The normalized spacial score (nSPS) is 37.8. The first-order valence-electron chi connectivity index (χ1n) is 3.88. The van der Waals surface area contributed by atoms with Gasteiger partial charge < -0.3 is 10.6 Å². The molecule has 0 aliphatic heterocycles. The number of hydrogen-bond donors (Lipinski definition) is 1. The van der Waals surface area contributed by atoms with Gasteiger partial charge in [0.05, 0.1) is 0 Å². The molecule has 0 aromatic carbocycles. The first-order valence-corrected chi connectivity index (χ1v) is 3.88. The van der Waals surface area contributed by atoms with Crippen LogP contribution in [-0.2, 0) is 0 Å². The van der Waals surface area contributed by atoms with Crippen LogP contribution in [0.1, 0.15) is 20.3 Å². The Morgan fingerprint density at radius 1 is 1.40 bits per heavy atom. The predicted octanol–water partition coefficient (Wildman–Crippen LogP) is 0.674. The van der Waals surface area contributed by atoms with Gasteiger partial charge in [0.15, 0.2) is 0 Å². The van der Waals surface area contributed by atoms with Crippen molar-refractivity contribution in [1.82, 2.24) is 4.90 Å². The van der Waals surface area contributed by atoms with E-state index in [1.165, 1.54) is 0 Å². The maximum absolute atomic E-state index is 5.86. The predicted molar refractivity (Wildman–Crippen MR) is 43.8 cm³/mol. The lowest BCUT2D eigenvalue weighted by Crippen LogP contribution is -2.62. The van der Waals surface area contributed by atoms with Crippen LogP contribution in [0, 0.1) is 5.41 Å². The van der Waals surface area contributed by atoms with Gasteiger partial charge in [-0.2, -0.15) is 0 Å². The van der Waals surface area contributed by atoms with Crippen molar-refractivity contribution in [3.05, 3.63) is 0 Å². The van der Waals surface area contributed by atoms with E-state index >= 15 is 0 Å². The summed E-state index contributed by atoms with van der Waals surface area (Å²) in [7, 11) is 4.25. The number of nitrogens with two attached hydrogens (primary N) is 1. The van der Waals surface area contributed by atoms with Gasteiger partial charge in [0, 0.05) is 12.1 Å². The van der Waals surface area contributed by atoms with Gasteiger partial charge in [-0.05, 0) is 25.9 Å². The first kappa shape index (κ1) is 8.02. The average Bonchev–Trinajstić information content (AvgIpc) is 1.82. The average molecular weight is 142 g/mol. The van der Waals surface area contributed by atoms with Crippen LogP contribution < -0.4 is 5.73 Å². The van der Waals surface area contributed by atoms with E-state index in [1.54, 1.807) is 0 Å². The molecule has 2 heteroatoms. The Kier molecular flexibility index (Phi) is 1.77. The molecule has 0 spiro atoms. The third-order valence-corrected chi connectivity index (χ3v) is 2.92. The van der Waals surface area contributed by atoms with Crippen LogP contribution in [0.2, 0.25) is 0 Å². The molecule has 0 radical (unpaired) electrons. The molecule has 1 saturated carbocycles. The third kappa shape index (κ3) is 0.956. The summed E-state index contributed by atoms with van der Waals surface area (Å²) in [5, 5.41) is 0. The summed E-state index contributed by atoms with van der Waals surface area (Å²) in [6, 6.07) is 1.09. The highest BCUT2D eigenvalue weighted by molar-refractivity contribution is 5.03. The fourth-order valence-electron chi connectivity index (χ4n) is 1.81. The van der Waals surface area contributed by atoms with Crippen molar-refractivity contribution in [3.63, 3.8) is 0 Å². The molecule has 1 fully saturated rings. The highest BCUT2D eigenvalue weighted by Gasteiger charge is 2.46. The summed E-state index contributed by atoms with van der Waals surface area (Å²) in [6.45, 7) is 4.48. The molecule has 1 aliphatic carbocycles. The summed E-state index contributed by atoms with van der Waals surface area (Å²) in [5.74, 6) is 0. The van der Waals surface area contributed by atoms with Crippen molar-refractivity contribution < 1.29 is 0 Å². The van der Waals surface area contributed by atoms with Gasteiger partial charge >= 0.3 is 0 Å². The highest BCUT2D eigenvalue weighted by Crippen LogP contribution is 2.41. The molecule has 0 heterocycles. The molecule has 2 N–H and O–H groups in total. The Bertz CT molecular complexity index is 129. The van der Waals surface area contributed by atoms with Crippen LogP contribution in [0.5, 0.6) is 0 Å². The van der Waals surface area contributed by atoms with Gasteiger partial charge in [0.25, 0.3) is 0 Å². The molecule has 10 heavy (non-hydrogen) atoms. The first-order chi connectivity index (χ1) is 4.46. The van der Waals surface area contributed by atoms with Crippen molar-refractivity contribution in [2.45, 2.75) is 32.4 Å². The SMILES string of the molecule is CN(C)[C@@H]1C[C@@H](N)C1(C)C. The van der Waals surface area contributed by atoms with Gasteiger partial charge in [0.1, 0.15) is 0 Å². The largest absolute Gasteiger partial charge is 0.327 e. The Labute approximate surface area is 63.4 Å². The topological polar surface area (TPSA) is 29.3 Å². The Morgan fingerprint density at radius 3 is 2.00 bits per heavy atom. The van der Waals surface area contributed by atoms with E-state index in [1.807, 2.05) is 0 Å². The van der Waals surface area contributed by atoms with Gasteiger partial charge in [-0.15, -0.1) is 0 Å². The van der Waals surface area contributed by atoms with Crippen molar-refractivity contribution in [1.29, 1.82) is 0 Å². The standard InChI is InChI=1S/C8H18N2/c1-8(2)6(9)5-7(8)10(3)4/h6-7H,5,9H2,1-4H3/t6-,7-/m1/s1. The fraction of sp³-hybridized carbons (Fsp3) is 1.00. The van der Waals surface area contributed by atoms with Crippen molar-refractivity contribution in [2.75, 3.05) is 14.1 Å². The second-order valence-corrected chi connectivity index (χ2v) is 4.14. The van der Waals surface area contributed by atoms with E-state index in [0.29, 0.717) is 17.5 Å². The monoisotopic (exact) mass is 142 g/mol. The van der Waals surface area contributed by atoms with E-state index in [2.05, 4.69) is 32.8 Å². The summed E-state index contributed by atoms with van der Waals surface area (Å²) >= 11 is 0. The summed E-state index contributed by atoms with van der Waals surface area (Å²) in [4.78, 5) is 2.27. The minimum Gasteiger partial charge on any atom is -0.327 e. The van der Waals surface area contributed by atoms with Crippen LogP contribution in [-0.4, -0.2) is 31.1 Å². The van der Waals surface area contributed by atoms with E-state index < -0.39 is 0 Å². The molecular formula is C8H18N2. The molecule has 0 bridgehead atoms. The smallest absolute Gasteiger partial charge is 0.0170 e. The van der Waals surface area contributed by atoms with Gasteiger partial charge in [-0.25, -0.2) is 0 Å². The van der Waals surface area contributed by atoms with Crippen LogP contribution in [0.4, 0.5) is 0 Å². The molecule has 0 aromatic heterocycles. The molecule has 0 amide bonds. The molecule has 2 nitrogen and oxygen atoms in total. The van der Waals surface area contributed by atoms with Gasteiger partial charge in [-0.1, -0.05) is 13.8 Å². The van der Waals surface area contributed by atoms with E-state index in [0.717, 1.165) is 6.42 Å². The number of hydrogen-bond acceptors (Lipinski definition) is 2. The van der Waals surface area contributed by atoms with Crippen LogP contribution in [0.3, 0.4) is 0 Å². The molecule has 60 valence electrons. The minimum atomic E-state index is 0.323. The molecule has 0 saturated heterocycles. The van der Waals surface area contributed by atoms with Gasteiger partial charge in [0.2, 0.25) is 0 Å². The Morgan fingerprint density at radius 2 is 1.90 bits per heavy atom. The van der Waals surface area contributed by atoms with Crippen molar-refractivity contribution in [3.8, 4) is 0 Å². The molecule has 1 aliphatic rings. The number of rotatable bonds is 1. The second kappa shape index (κ2) is 2.21. The van der Waals surface area contributed by atoms with E-state index in [9.17, 15) is 0 Å². The maximum atomic E-state index is 5.86. The summed E-state index contributed by atoms with van der Waals surface area (Å²) in [6.07, 6.45) is 1.15. The number of nitrogens with zero attached hydrogens (tertiary/aromatic N) is 1. The summed E-state index contributed by atoms with van der Waals surface area (Å²) < 4.78 is 0. The summed E-state index contributed by atoms with van der Waals surface area (Å²) in [5.41, 5.74) is 6.18. The molecular weight excluding hydrogens is 124 g/mol. The minimum absolute atomic E-state index is 0.323. The van der Waals surface area contributed by atoms with Crippen molar-refractivity contribution in [2.24, 2.45) is 11.1 Å². The van der Waals surface area contributed by atoms with Crippen LogP contribution in [0.25, 0.3) is 0 Å². The zero-order valence-corrected chi connectivity index (χ0v) is 7.39. The fourth-order valence-corrected chi connectivity index (χ4v) is 1.81. The Balaban J connectivity index is 2.55. The lowest BCUT2D eigenvalue weighted by Gasteiger charge is -2.53. The quantitative estimate of drug-likeness (QED) is 0.583. The second-order valence-electron chi connectivity index (χ2n) is 4.14. The molecule has 1 rings (SSSR count). The third-order valence-electron chi connectivity index (χ3n) is 2.92. The lowest BCUT2D eigenvalue weighted by atomic mass is 9.63. The zero-order chi connectivity index (χ0) is 7.94. The zero-order valence-electron chi connectivity index (χ0n) is 7.39. The molecule has 2 atom stereocenters. The lowest BCUT2D eigenvalue weighted by molar-refractivity contribution is 0.00547. The molecule has 0 unspecified atom stereocenters. The highest BCUT2D eigenvalue weighted by atomic mass is 15.1. The van der Waals surface area contributed by atoms with Crippen LogP contribution in [0.15, 0.2) is 0 Å². The Hall–Kier alpha value is -0.0800. The van der Waals surface area contributed by atoms with Crippen LogP contribution >= 0.6 is 0 Å². The molecule has 0 aromatic rings.